The zero-order valence-corrected chi connectivity index (χ0v) is 22.0. The average molecular weight is 502 g/mol. The van der Waals surface area contributed by atoms with E-state index in [1.165, 1.54) is 32.4 Å². The number of rotatable bonds is 4. The summed E-state index contributed by atoms with van der Waals surface area (Å²) >= 11 is 12.6. The van der Waals surface area contributed by atoms with Crippen LogP contribution in [-0.4, -0.2) is 56.9 Å². The molecule has 8 heteroatoms. The minimum absolute atomic E-state index is 0.0868. The van der Waals surface area contributed by atoms with E-state index in [9.17, 15) is 0 Å². The zero-order chi connectivity index (χ0) is 24.0. The fraction of sp³-hybridized carbons (Fsp3) is 0.577. The van der Waals surface area contributed by atoms with E-state index in [-0.39, 0.29) is 6.04 Å². The number of benzene rings is 1. The van der Waals surface area contributed by atoms with Gasteiger partial charge in [0.2, 0.25) is 0 Å². The maximum absolute atomic E-state index is 6.51. The van der Waals surface area contributed by atoms with Crippen molar-refractivity contribution in [1.82, 2.24) is 24.6 Å². The first-order chi connectivity index (χ1) is 16.3. The zero-order valence-electron chi connectivity index (χ0n) is 20.5. The summed E-state index contributed by atoms with van der Waals surface area (Å²) in [5, 5.41) is 6.04. The molecule has 0 aliphatic carbocycles. The van der Waals surface area contributed by atoms with E-state index in [4.69, 9.17) is 38.3 Å². The highest BCUT2D eigenvalue weighted by atomic mass is 35.5. The third kappa shape index (κ3) is 4.52. The summed E-state index contributed by atoms with van der Waals surface area (Å²) in [5.41, 5.74) is 3.48. The van der Waals surface area contributed by atoms with Gasteiger partial charge >= 0.3 is 0 Å². The highest BCUT2D eigenvalue weighted by Crippen LogP contribution is 2.32. The number of anilines is 1. The van der Waals surface area contributed by atoms with Gasteiger partial charge in [-0.2, -0.15) is 5.10 Å². The average Bonchev–Trinajstić information content (AvgIpc) is 3.14. The number of likely N-dealkylation sites (tertiary alicyclic amines) is 1. The Kier molecular flexibility index (Phi) is 6.75. The third-order valence-electron chi connectivity index (χ3n) is 7.68. The van der Waals surface area contributed by atoms with Gasteiger partial charge in [-0.1, -0.05) is 43.1 Å². The molecule has 2 fully saturated rings. The summed E-state index contributed by atoms with van der Waals surface area (Å²) < 4.78 is 1.95. The maximum Gasteiger partial charge on any atom is 0.179 e. The molecule has 0 radical (unpaired) electrons. The van der Waals surface area contributed by atoms with E-state index in [1.54, 1.807) is 6.07 Å². The van der Waals surface area contributed by atoms with Gasteiger partial charge in [-0.05, 0) is 69.2 Å². The second-order valence-electron chi connectivity index (χ2n) is 10.3. The molecule has 4 heterocycles. The van der Waals surface area contributed by atoms with E-state index in [0.29, 0.717) is 22.0 Å². The van der Waals surface area contributed by atoms with Crippen LogP contribution in [0, 0.1) is 18.8 Å². The number of aromatic nitrogens is 4. The smallest absolute Gasteiger partial charge is 0.179 e. The molecule has 0 amide bonds. The molecule has 2 aliphatic rings. The highest BCUT2D eigenvalue weighted by Gasteiger charge is 2.33. The van der Waals surface area contributed by atoms with Crippen LogP contribution in [-0.2, 0) is 0 Å². The van der Waals surface area contributed by atoms with Gasteiger partial charge in [-0.3, -0.25) is 4.90 Å². The lowest BCUT2D eigenvalue weighted by Gasteiger charge is -2.45. The van der Waals surface area contributed by atoms with Crippen molar-refractivity contribution in [3.8, 4) is 0 Å². The standard InChI is InChI=1S/C26H34Cl2N6/c1-16-6-5-10-32(14-16)23-9-11-33(15-17(23)2)24-13-29-25-18(3)31-34(26(25)30-24)19(4)21-8-7-20(27)12-22(21)28/h7-8,12-13,16-17,19,23H,5-6,9-11,14-15H2,1-4H3/t16-,17-,19-,23?/m1/s1. The van der Waals surface area contributed by atoms with Crippen molar-refractivity contribution >= 4 is 40.2 Å². The monoisotopic (exact) mass is 500 g/mol. The SMILES string of the molecule is Cc1nn([C@H](C)c2ccc(Cl)cc2Cl)c2nc(N3CCC(N4CCC[C@@H](C)C4)[C@H](C)C3)cnc12. The van der Waals surface area contributed by atoms with E-state index in [1.807, 2.05) is 29.9 Å². The molecule has 3 aromatic rings. The Bertz CT molecular complexity index is 1180. The molecule has 1 aromatic carbocycles. The fourth-order valence-corrected chi connectivity index (χ4v) is 6.41. The molecule has 1 unspecified atom stereocenters. The predicted molar refractivity (Wildman–Crippen MR) is 140 cm³/mol. The molecule has 4 atom stereocenters. The maximum atomic E-state index is 6.51. The minimum atomic E-state index is -0.0868. The molecular weight excluding hydrogens is 467 g/mol. The van der Waals surface area contributed by atoms with Crippen LogP contribution in [0.25, 0.3) is 11.2 Å². The van der Waals surface area contributed by atoms with Crippen molar-refractivity contribution in [3.63, 3.8) is 0 Å². The highest BCUT2D eigenvalue weighted by molar-refractivity contribution is 6.35. The third-order valence-corrected chi connectivity index (χ3v) is 8.24. The number of nitrogens with zero attached hydrogens (tertiary/aromatic N) is 6. The quantitative estimate of drug-likeness (QED) is 0.439. The number of hydrogen-bond donors (Lipinski definition) is 0. The molecule has 0 saturated carbocycles. The van der Waals surface area contributed by atoms with Gasteiger partial charge in [0, 0.05) is 35.7 Å². The number of hydrogen-bond acceptors (Lipinski definition) is 5. The lowest BCUT2D eigenvalue weighted by molar-refractivity contribution is 0.0834. The van der Waals surface area contributed by atoms with Crippen LogP contribution >= 0.6 is 23.2 Å². The van der Waals surface area contributed by atoms with Crippen molar-refractivity contribution in [1.29, 1.82) is 0 Å². The lowest BCUT2D eigenvalue weighted by atomic mass is 9.89. The van der Waals surface area contributed by atoms with Crippen LogP contribution in [0.4, 0.5) is 5.82 Å². The first kappa shape index (κ1) is 23.8. The first-order valence-electron chi connectivity index (χ1n) is 12.5. The Morgan fingerprint density at radius 1 is 1.09 bits per heavy atom. The molecule has 0 N–H and O–H groups in total. The van der Waals surface area contributed by atoms with Gasteiger partial charge in [-0.15, -0.1) is 0 Å². The topological polar surface area (TPSA) is 50.1 Å². The second-order valence-corrected chi connectivity index (χ2v) is 11.1. The first-order valence-corrected chi connectivity index (χ1v) is 13.2. The largest absolute Gasteiger partial charge is 0.355 e. The van der Waals surface area contributed by atoms with Crippen LogP contribution in [0.1, 0.15) is 57.3 Å². The van der Waals surface area contributed by atoms with E-state index in [2.05, 4.69) is 30.6 Å². The second kappa shape index (κ2) is 9.63. The Hall–Kier alpha value is -1.89. The molecule has 34 heavy (non-hydrogen) atoms. The Morgan fingerprint density at radius 2 is 1.91 bits per heavy atom. The van der Waals surface area contributed by atoms with Gasteiger partial charge in [-0.25, -0.2) is 14.6 Å². The molecular formula is C26H34Cl2N6. The lowest BCUT2D eigenvalue weighted by Crippen LogP contribution is -2.52. The van der Waals surface area contributed by atoms with Crippen molar-refractivity contribution in [2.45, 2.75) is 59.0 Å². The predicted octanol–water partition coefficient (Wildman–Crippen LogP) is 6.00. The van der Waals surface area contributed by atoms with Gasteiger partial charge in [0.15, 0.2) is 5.65 Å². The number of aryl methyl sites for hydroxylation is 1. The summed E-state index contributed by atoms with van der Waals surface area (Å²) in [6, 6.07) is 6.18. The summed E-state index contributed by atoms with van der Waals surface area (Å²) in [6.45, 7) is 13.3. The van der Waals surface area contributed by atoms with Gasteiger partial charge < -0.3 is 4.90 Å². The molecule has 6 nitrogen and oxygen atoms in total. The van der Waals surface area contributed by atoms with Gasteiger partial charge in [0.1, 0.15) is 11.3 Å². The fourth-order valence-electron chi connectivity index (χ4n) is 5.85. The molecule has 0 bridgehead atoms. The van der Waals surface area contributed by atoms with Crippen molar-refractivity contribution in [3.05, 3.63) is 45.7 Å². The van der Waals surface area contributed by atoms with Crippen LogP contribution in [0.3, 0.4) is 0 Å². The molecule has 0 spiro atoms. The number of halogens is 2. The van der Waals surface area contributed by atoms with Crippen molar-refractivity contribution in [2.24, 2.45) is 11.8 Å². The van der Waals surface area contributed by atoms with E-state index >= 15 is 0 Å². The summed E-state index contributed by atoms with van der Waals surface area (Å²) in [5.74, 6) is 2.34. The normalized spacial score (nSPS) is 25.1. The van der Waals surface area contributed by atoms with Gasteiger partial charge in [0.05, 0.1) is 17.9 Å². The molecule has 2 aliphatic heterocycles. The number of piperidine rings is 2. The van der Waals surface area contributed by atoms with Crippen LogP contribution in [0.15, 0.2) is 24.4 Å². The summed E-state index contributed by atoms with van der Waals surface area (Å²) in [6.07, 6.45) is 5.78. The Labute approximate surface area is 212 Å². The Morgan fingerprint density at radius 3 is 2.65 bits per heavy atom. The Balaban J connectivity index is 1.40. The summed E-state index contributed by atoms with van der Waals surface area (Å²) in [7, 11) is 0. The van der Waals surface area contributed by atoms with Crippen LogP contribution < -0.4 is 4.90 Å². The molecule has 2 aromatic heterocycles. The van der Waals surface area contributed by atoms with Gasteiger partial charge in [0.25, 0.3) is 0 Å². The van der Waals surface area contributed by atoms with Crippen LogP contribution in [0.5, 0.6) is 0 Å². The van der Waals surface area contributed by atoms with E-state index < -0.39 is 0 Å². The van der Waals surface area contributed by atoms with Crippen molar-refractivity contribution in [2.75, 3.05) is 31.1 Å². The summed E-state index contributed by atoms with van der Waals surface area (Å²) in [4.78, 5) is 15.0. The molecule has 5 rings (SSSR count). The molecule has 182 valence electrons. The molecule has 2 saturated heterocycles. The minimum Gasteiger partial charge on any atom is -0.355 e. The van der Waals surface area contributed by atoms with E-state index in [0.717, 1.165) is 47.2 Å². The number of fused-ring (bicyclic) bond motifs is 1. The van der Waals surface area contributed by atoms with Crippen LogP contribution in [0.2, 0.25) is 10.0 Å². The van der Waals surface area contributed by atoms with Crippen molar-refractivity contribution < 1.29 is 0 Å².